The van der Waals surface area contributed by atoms with Crippen LogP contribution in [0.2, 0.25) is 5.02 Å². The molecule has 0 fully saturated rings. The van der Waals surface area contributed by atoms with Gasteiger partial charge in [-0.1, -0.05) is 29.8 Å². The molecule has 0 saturated heterocycles. The second-order valence-electron chi connectivity index (χ2n) is 7.29. The lowest BCUT2D eigenvalue weighted by molar-refractivity contribution is -0.114. The van der Waals surface area contributed by atoms with Gasteiger partial charge in [-0.2, -0.15) is 5.10 Å². The molecule has 0 aliphatic carbocycles. The SMILES string of the molecule is COc1cc(C=NNC(=O)c2cccc(NC(C)=O)c2)cc(Cl)c1OCc1cccc(C(=O)O)c1. The molecule has 3 rings (SSSR count). The van der Waals surface area contributed by atoms with Crippen LogP contribution in [-0.2, 0) is 11.4 Å². The van der Waals surface area contributed by atoms with Crippen LogP contribution in [0.1, 0.15) is 38.8 Å². The van der Waals surface area contributed by atoms with Crippen molar-refractivity contribution in [2.75, 3.05) is 12.4 Å². The zero-order valence-electron chi connectivity index (χ0n) is 18.9. The summed E-state index contributed by atoms with van der Waals surface area (Å²) in [5.41, 5.74) is 4.58. The van der Waals surface area contributed by atoms with Gasteiger partial charge >= 0.3 is 5.97 Å². The third-order valence-corrected chi connectivity index (χ3v) is 4.91. The first kappa shape index (κ1) is 25.3. The minimum Gasteiger partial charge on any atom is -0.493 e. The fraction of sp³-hybridized carbons (Fsp3) is 0.120. The number of anilines is 1. The van der Waals surface area contributed by atoms with Gasteiger partial charge in [0.25, 0.3) is 5.91 Å². The molecule has 0 aromatic heterocycles. The summed E-state index contributed by atoms with van der Waals surface area (Å²) >= 11 is 6.37. The Morgan fingerprint density at radius 1 is 1.06 bits per heavy atom. The summed E-state index contributed by atoms with van der Waals surface area (Å²) < 4.78 is 11.2. The molecule has 35 heavy (non-hydrogen) atoms. The number of amides is 2. The maximum absolute atomic E-state index is 12.4. The summed E-state index contributed by atoms with van der Waals surface area (Å²) in [6, 6.07) is 16.0. The molecule has 0 saturated carbocycles. The van der Waals surface area contributed by atoms with E-state index in [1.54, 1.807) is 42.5 Å². The maximum Gasteiger partial charge on any atom is 0.335 e. The van der Waals surface area contributed by atoms with Gasteiger partial charge in [0, 0.05) is 18.2 Å². The van der Waals surface area contributed by atoms with Crippen LogP contribution in [-0.4, -0.2) is 36.2 Å². The van der Waals surface area contributed by atoms with E-state index in [0.29, 0.717) is 28.1 Å². The predicted octanol–water partition coefficient (Wildman–Crippen LogP) is 4.35. The minimum atomic E-state index is -1.03. The van der Waals surface area contributed by atoms with Crippen LogP contribution in [0, 0.1) is 0 Å². The molecule has 0 heterocycles. The average Bonchev–Trinajstić information content (AvgIpc) is 2.83. The molecular formula is C25H22ClN3O6. The average molecular weight is 496 g/mol. The topological polar surface area (TPSA) is 126 Å². The van der Waals surface area contributed by atoms with Crippen molar-refractivity contribution in [3.8, 4) is 11.5 Å². The molecule has 3 aromatic carbocycles. The maximum atomic E-state index is 12.4. The molecule has 180 valence electrons. The third-order valence-electron chi connectivity index (χ3n) is 4.63. The Morgan fingerprint density at radius 3 is 2.51 bits per heavy atom. The van der Waals surface area contributed by atoms with Gasteiger partial charge in [0.15, 0.2) is 11.5 Å². The number of aromatic carboxylic acids is 1. The van der Waals surface area contributed by atoms with Gasteiger partial charge in [-0.25, -0.2) is 10.2 Å². The van der Waals surface area contributed by atoms with E-state index >= 15 is 0 Å². The normalized spacial score (nSPS) is 10.6. The van der Waals surface area contributed by atoms with E-state index in [9.17, 15) is 14.4 Å². The Kier molecular flexibility index (Phi) is 8.42. The minimum absolute atomic E-state index is 0.0816. The summed E-state index contributed by atoms with van der Waals surface area (Å²) in [6.45, 7) is 1.46. The van der Waals surface area contributed by atoms with Crippen LogP contribution in [0.25, 0.3) is 0 Å². The lowest BCUT2D eigenvalue weighted by atomic mass is 10.1. The Labute approximate surface area is 206 Å². The molecular weight excluding hydrogens is 474 g/mol. The molecule has 0 spiro atoms. The summed E-state index contributed by atoms with van der Waals surface area (Å²) in [5, 5.41) is 15.9. The standard InChI is InChI=1S/C25H22ClN3O6/c1-15(30)28-20-8-4-6-18(12-20)24(31)29-27-13-17-10-21(26)23(22(11-17)34-2)35-14-16-5-3-7-19(9-16)25(32)33/h3-13H,14H2,1-2H3,(H,28,30)(H,29,31)(H,32,33). The first-order valence-electron chi connectivity index (χ1n) is 10.3. The Morgan fingerprint density at radius 2 is 1.80 bits per heavy atom. The first-order valence-corrected chi connectivity index (χ1v) is 10.7. The highest BCUT2D eigenvalue weighted by Crippen LogP contribution is 2.36. The van der Waals surface area contributed by atoms with Crippen LogP contribution in [0.3, 0.4) is 0 Å². The monoisotopic (exact) mass is 495 g/mol. The fourth-order valence-electron chi connectivity index (χ4n) is 3.08. The Bertz CT molecular complexity index is 1290. The van der Waals surface area contributed by atoms with Crippen molar-refractivity contribution in [2.45, 2.75) is 13.5 Å². The van der Waals surface area contributed by atoms with E-state index in [0.717, 1.165) is 0 Å². The molecule has 0 unspecified atom stereocenters. The van der Waals surface area contributed by atoms with Gasteiger partial charge in [-0.05, 0) is 53.6 Å². The van der Waals surface area contributed by atoms with Crippen molar-refractivity contribution in [3.05, 3.63) is 87.9 Å². The summed E-state index contributed by atoms with van der Waals surface area (Å²) in [4.78, 5) is 34.7. The lowest BCUT2D eigenvalue weighted by Gasteiger charge is -2.13. The third kappa shape index (κ3) is 7.05. The van der Waals surface area contributed by atoms with Crippen LogP contribution in [0.15, 0.2) is 65.8 Å². The second kappa shape index (κ2) is 11.7. The van der Waals surface area contributed by atoms with Crippen LogP contribution in [0.4, 0.5) is 5.69 Å². The number of ether oxygens (including phenoxy) is 2. The highest BCUT2D eigenvalue weighted by molar-refractivity contribution is 6.32. The number of nitrogens with zero attached hydrogens (tertiary/aromatic N) is 1. The van der Waals surface area contributed by atoms with E-state index in [1.165, 1.54) is 38.4 Å². The van der Waals surface area contributed by atoms with Crippen molar-refractivity contribution in [2.24, 2.45) is 5.10 Å². The van der Waals surface area contributed by atoms with Gasteiger partial charge in [0.05, 0.1) is 23.9 Å². The van der Waals surface area contributed by atoms with Crippen molar-refractivity contribution in [1.82, 2.24) is 5.43 Å². The second-order valence-corrected chi connectivity index (χ2v) is 7.70. The number of carboxylic acids is 1. The molecule has 3 N–H and O–H groups in total. The van der Waals surface area contributed by atoms with Crippen molar-refractivity contribution >= 4 is 41.3 Å². The van der Waals surface area contributed by atoms with E-state index < -0.39 is 11.9 Å². The quantitative estimate of drug-likeness (QED) is 0.299. The van der Waals surface area contributed by atoms with Gasteiger partial charge in [-0.15, -0.1) is 0 Å². The van der Waals surface area contributed by atoms with Gasteiger partial charge in [0.1, 0.15) is 6.61 Å². The molecule has 2 amide bonds. The molecule has 0 aliphatic heterocycles. The fourth-order valence-corrected chi connectivity index (χ4v) is 3.35. The smallest absolute Gasteiger partial charge is 0.335 e. The van der Waals surface area contributed by atoms with E-state index in [-0.39, 0.29) is 28.8 Å². The number of halogens is 1. The number of carbonyl (C=O) groups excluding carboxylic acids is 2. The summed E-state index contributed by atoms with van der Waals surface area (Å²) in [6.07, 6.45) is 1.39. The molecule has 0 radical (unpaired) electrons. The van der Waals surface area contributed by atoms with Gasteiger partial charge < -0.3 is 19.9 Å². The van der Waals surface area contributed by atoms with Crippen molar-refractivity contribution in [1.29, 1.82) is 0 Å². The number of methoxy groups -OCH3 is 1. The number of hydrazone groups is 1. The number of carboxylic acid groups (broad SMARTS) is 1. The number of benzene rings is 3. The number of carbonyl (C=O) groups is 3. The summed E-state index contributed by atoms with van der Waals surface area (Å²) in [7, 11) is 1.45. The highest BCUT2D eigenvalue weighted by atomic mass is 35.5. The van der Waals surface area contributed by atoms with Crippen LogP contribution < -0.4 is 20.2 Å². The van der Waals surface area contributed by atoms with Crippen LogP contribution >= 0.6 is 11.6 Å². The summed E-state index contributed by atoms with van der Waals surface area (Å²) in [5.74, 6) is -1.12. The van der Waals surface area contributed by atoms with Crippen molar-refractivity contribution in [3.63, 3.8) is 0 Å². The number of nitrogens with one attached hydrogen (secondary N) is 2. The number of hydrogen-bond donors (Lipinski definition) is 3. The van der Waals surface area contributed by atoms with E-state index in [2.05, 4.69) is 15.8 Å². The molecule has 9 nitrogen and oxygen atoms in total. The Balaban J connectivity index is 1.68. The zero-order valence-corrected chi connectivity index (χ0v) is 19.6. The zero-order chi connectivity index (χ0) is 25.4. The van der Waals surface area contributed by atoms with Crippen molar-refractivity contribution < 1.29 is 29.0 Å². The largest absolute Gasteiger partial charge is 0.493 e. The Hall–Kier alpha value is -4.37. The molecule has 0 bridgehead atoms. The first-order chi connectivity index (χ1) is 16.8. The number of rotatable bonds is 9. The predicted molar refractivity (Wildman–Crippen MR) is 132 cm³/mol. The molecule has 0 aliphatic rings. The molecule has 0 atom stereocenters. The van der Waals surface area contributed by atoms with Gasteiger partial charge in [-0.3, -0.25) is 9.59 Å². The number of hydrogen-bond acceptors (Lipinski definition) is 6. The van der Waals surface area contributed by atoms with Crippen LogP contribution in [0.5, 0.6) is 11.5 Å². The van der Waals surface area contributed by atoms with E-state index in [4.69, 9.17) is 26.2 Å². The molecule has 10 heteroatoms. The van der Waals surface area contributed by atoms with Gasteiger partial charge in [0.2, 0.25) is 5.91 Å². The highest BCUT2D eigenvalue weighted by Gasteiger charge is 2.13. The lowest BCUT2D eigenvalue weighted by Crippen LogP contribution is -2.18. The molecule has 3 aromatic rings. The van der Waals surface area contributed by atoms with E-state index in [1.807, 2.05) is 0 Å².